The monoisotopic (exact) mass is 842 g/mol. The first-order valence-electron chi connectivity index (χ1n) is 21.6. The van der Waals surface area contributed by atoms with Crippen molar-refractivity contribution >= 4 is 28.9 Å². The molecule has 0 spiro atoms. The molecule has 0 aromatic heterocycles. The molecule has 0 aromatic rings. The van der Waals surface area contributed by atoms with Crippen LogP contribution in [-0.4, -0.2) is 64.2 Å². The smallest absolute Gasteiger partial charge is 0.155 e. The van der Waals surface area contributed by atoms with E-state index < -0.39 is 11.5 Å². The standard InChI is InChI=1S/3C10H21NO.C9H17NO2.C9H19NO/c1-9(2,3)7(11)8(12)10(4,5)6;1-7(2)6-8(11)9(12)10(3,4)5;1-6-7(2)8(11)9(12)10(3,4)5;1-6(11)5-7(10)8(12)9(2,3)4;1-5-6-7(10)8(11)9(2,3)4/h7H,11H2,1-6H3;2*7-8H,6,11H2,1-5H3;7,11H,1,5,10H2,2-4H3;7H,5-6,10H2,1-4H3. The zero-order valence-electron chi connectivity index (χ0n) is 42.7. The number of carbonyl (C=O) groups is 5. The van der Waals surface area contributed by atoms with E-state index >= 15 is 0 Å². The predicted octanol–water partition coefficient (Wildman–Crippen LogP) is 9.04. The summed E-state index contributed by atoms with van der Waals surface area (Å²) in [5, 5.41) is 8.81. The molecule has 59 heavy (non-hydrogen) atoms. The van der Waals surface area contributed by atoms with Crippen molar-refractivity contribution in [2.24, 2.45) is 73.0 Å². The summed E-state index contributed by atoms with van der Waals surface area (Å²) in [7, 11) is 0. The predicted molar refractivity (Wildman–Crippen MR) is 252 cm³/mol. The molecule has 352 valence electrons. The molecular weight excluding hydrogens is 743 g/mol. The molecule has 6 atom stereocenters. The Balaban J connectivity index is -0.000000206. The third-order valence-corrected chi connectivity index (χ3v) is 9.26. The molecule has 11 N–H and O–H groups in total. The quantitative estimate of drug-likeness (QED) is 0.0957. The molecule has 0 saturated carbocycles. The molecule has 0 aromatic carbocycles. The van der Waals surface area contributed by atoms with Crippen LogP contribution in [0.4, 0.5) is 0 Å². The number of Topliss-reactive ketones (excluding diaryl/α,β-unsaturated/α-hetero) is 5. The molecule has 0 saturated heterocycles. The van der Waals surface area contributed by atoms with Gasteiger partial charge in [0.2, 0.25) is 0 Å². The fraction of sp³-hybridized carbons (Fsp3) is 0.854. The van der Waals surface area contributed by atoms with E-state index in [1.807, 2.05) is 118 Å². The number of ketones is 5. The van der Waals surface area contributed by atoms with Gasteiger partial charge in [0.25, 0.3) is 0 Å². The van der Waals surface area contributed by atoms with Gasteiger partial charge in [-0.2, -0.15) is 0 Å². The maximum absolute atomic E-state index is 11.7. The van der Waals surface area contributed by atoms with Gasteiger partial charge in [-0.15, -0.1) is 0 Å². The number of aliphatic hydroxyl groups is 1. The van der Waals surface area contributed by atoms with Gasteiger partial charge in [-0.1, -0.05) is 179 Å². The number of nitrogens with two attached hydrogens (primary N) is 5. The van der Waals surface area contributed by atoms with Crippen LogP contribution < -0.4 is 28.7 Å². The van der Waals surface area contributed by atoms with Crippen molar-refractivity contribution in [2.45, 2.75) is 222 Å². The van der Waals surface area contributed by atoms with Crippen LogP contribution in [0.3, 0.4) is 0 Å². The second-order valence-electron chi connectivity index (χ2n) is 22.8. The molecule has 0 radical (unpaired) electrons. The first-order chi connectivity index (χ1) is 25.8. The molecular formula is C48H99N5O6. The molecule has 0 fully saturated rings. The lowest BCUT2D eigenvalue weighted by atomic mass is 9.76. The van der Waals surface area contributed by atoms with Gasteiger partial charge in [-0.25, -0.2) is 0 Å². The van der Waals surface area contributed by atoms with Crippen LogP contribution in [0.15, 0.2) is 12.3 Å². The highest BCUT2D eigenvalue weighted by Gasteiger charge is 2.34. The summed E-state index contributed by atoms with van der Waals surface area (Å²) in [5.74, 6) is 1.31. The van der Waals surface area contributed by atoms with Crippen LogP contribution in [0.2, 0.25) is 0 Å². The lowest BCUT2D eigenvalue weighted by Gasteiger charge is -2.31. The lowest BCUT2D eigenvalue weighted by molar-refractivity contribution is -0.130. The molecule has 0 aliphatic carbocycles. The number of hydrogen-bond donors (Lipinski definition) is 6. The van der Waals surface area contributed by atoms with Gasteiger partial charge in [-0.3, -0.25) is 24.0 Å². The second-order valence-corrected chi connectivity index (χ2v) is 22.8. The van der Waals surface area contributed by atoms with Crippen molar-refractivity contribution in [3.63, 3.8) is 0 Å². The normalized spacial score (nSPS) is 15.3. The zero-order valence-corrected chi connectivity index (χ0v) is 42.7. The molecule has 11 heteroatoms. The van der Waals surface area contributed by atoms with E-state index in [-0.39, 0.29) is 98.3 Å². The van der Waals surface area contributed by atoms with Gasteiger partial charge in [0.1, 0.15) is 0 Å². The molecule has 0 heterocycles. The highest BCUT2D eigenvalue weighted by atomic mass is 16.3. The van der Waals surface area contributed by atoms with Gasteiger partial charge >= 0.3 is 0 Å². The second kappa shape index (κ2) is 27.6. The zero-order chi connectivity index (χ0) is 49.0. The number of hydrogen-bond acceptors (Lipinski definition) is 11. The summed E-state index contributed by atoms with van der Waals surface area (Å²) >= 11 is 0. The van der Waals surface area contributed by atoms with Gasteiger partial charge in [0.15, 0.2) is 28.9 Å². The Morgan fingerprint density at radius 2 is 0.814 bits per heavy atom. The van der Waals surface area contributed by atoms with Crippen molar-refractivity contribution in [3.8, 4) is 0 Å². The van der Waals surface area contributed by atoms with Gasteiger partial charge in [-0.05, 0) is 30.1 Å². The molecule has 6 unspecified atom stereocenters. The molecule has 0 rings (SSSR count). The minimum absolute atomic E-state index is 0.0416. The Morgan fingerprint density at radius 1 is 0.508 bits per heavy atom. The molecule has 0 bridgehead atoms. The first-order valence-corrected chi connectivity index (χ1v) is 21.6. The molecule has 11 nitrogen and oxygen atoms in total. The van der Waals surface area contributed by atoms with Gasteiger partial charge in [0, 0.05) is 33.5 Å². The van der Waals surface area contributed by atoms with Crippen molar-refractivity contribution in [3.05, 3.63) is 12.3 Å². The van der Waals surface area contributed by atoms with E-state index in [0.29, 0.717) is 5.92 Å². The van der Waals surface area contributed by atoms with E-state index in [2.05, 4.69) is 27.4 Å². The van der Waals surface area contributed by atoms with Crippen molar-refractivity contribution in [1.82, 2.24) is 0 Å². The van der Waals surface area contributed by atoms with Crippen LogP contribution in [0.1, 0.15) is 191 Å². The van der Waals surface area contributed by atoms with Gasteiger partial charge < -0.3 is 33.8 Å². The highest BCUT2D eigenvalue weighted by Crippen LogP contribution is 2.26. The number of carbonyl (C=O) groups excluding carboxylic acids is 5. The lowest BCUT2D eigenvalue weighted by Crippen LogP contribution is -2.47. The molecule has 0 aliphatic rings. The van der Waals surface area contributed by atoms with E-state index in [0.717, 1.165) is 25.7 Å². The average Bonchev–Trinajstić information content (AvgIpc) is 3.03. The summed E-state index contributed by atoms with van der Waals surface area (Å²) < 4.78 is 0. The average molecular weight is 842 g/mol. The Hall–Kier alpha value is -2.31. The summed E-state index contributed by atoms with van der Waals surface area (Å²) in [5.41, 5.74) is 26.8. The Morgan fingerprint density at radius 3 is 1.03 bits per heavy atom. The third kappa shape index (κ3) is 32.1. The van der Waals surface area contributed by atoms with E-state index in [4.69, 9.17) is 33.8 Å². The maximum atomic E-state index is 11.7. The van der Waals surface area contributed by atoms with E-state index in [1.165, 1.54) is 0 Å². The van der Waals surface area contributed by atoms with E-state index in [9.17, 15) is 24.0 Å². The first kappa shape index (κ1) is 65.8. The van der Waals surface area contributed by atoms with Gasteiger partial charge in [0.05, 0.1) is 36.0 Å². The van der Waals surface area contributed by atoms with Crippen molar-refractivity contribution in [1.29, 1.82) is 0 Å². The van der Waals surface area contributed by atoms with Crippen LogP contribution in [-0.2, 0) is 24.0 Å². The minimum Gasteiger partial charge on any atom is -0.513 e. The molecule has 0 amide bonds. The summed E-state index contributed by atoms with van der Waals surface area (Å²) in [6, 6.07) is -1.85. The number of rotatable bonds is 13. The summed E-state index contributed by atoms with van der Waals surface area (Å²) in [6.45, 7) is 47.8. The fourth-order valence-electron chi connectivity index (χ4n) is 4.94. The van der Waals surface area contributed by atoms with Crippen molar-refractivity contribution in [2.75, 3.05) is 0 Å². The van der Waals surface area contributed by atoms with Crippen LogP contribution in [0.25, 0.3) is 0 Å². The van der Waals surface area contributed by atoms with Crippen LogP contribution in [0, 0.1) is 44.3 Å². The van der Waals surface area contributed by atoms with Crippen LogP contribution >= 0.6 is 0 Å². The largest absolute Gasteiger partial charge is 0.513 e. The summed E-state index contributed by atoms with van der Waals surface area (Å²) in [6.07, 6.45) is 3.67. The maximum Gasteiger partial charge on any atom is 0.155 e. The van der Waals surface area contributed by atoms with Crippen LogP contribution in [0.5, 0.6) is 0 Å². The fourth-order valence-corrected chi connectivity index (χ4v) is 4.94. The SMILES string of the molecule is C=C(O)CC(N)C(=O)C(C)(C)C.CC(C)(C)C(=O)C(N)C(C)(C)C.CC(C)CC(N)C(=O)C(C)(C)C.CCC(C)C(N)C(=O)C(C)(C)C.CCCC(N)C(=O)C(C)(C)C. The molecule has 0 aliphatic heterocycles. The highest BCUT2D eigenvalue weighted by molar-refractivity contribution is 5.90. The van der Waals surface area contributed by atoms with E-state index in [1.54, 1.807) is 20.8 Å². The Bertz CT molecular complexity index is 1270. The Labute approximate surface area is 364 Å². The minimum atomic E-state index is -0.637. The van der Waals surface area contributed by atoms with Crippen molar-refractivity contribution < 1.29 is 29.1 Å². The third-order valence-electron chi connectivity index (χ3n) is 9.26. The Kier molecular flexibility index (Phi) is 30.8. The topological polar surface area (TPSA) is 236 Å². The number of aliphatic hydroxyl groups excluding tert-OH is 1. The summed E-state index contributed by atoms with van der Waals surface area (Å²) in [4.78, 5) is 57.8.